The van der Waals surface area contributed by atoms with Crippen molar-refractivity contribution in [3.8, 4) is 22.6 Å². The zero-order chi connectivity index (χ0) is 21.0. The number of halogens is 1. The van der Waals surface area contributed by atoms with Gasteiger partial charge in [0.1, 0.15) is 17.3 Å². The Morgan fingerprint density at radius 2 is 1.65 bits per heavy atom. The number of rotatable bonds is 5. The van der Waals surface area contributed by atoms with Crippen molar-refractivity contribution in [3.05, 3.63) is 48.4 Å². The maximum atomic E-state index is 13.5. The van der Waals surface area contributed by atoms with E-state index in [-0.39, 0.29) is 5.82 Å². The van der Waals surface area contributed by atoms with Gasteiger partial charge in [0.15, 0.2) is 5.76 Å². The minimum atomic E-state index is -0.257. The molecule has 0 unspecified atom stereocenters. The van der Waals surface area contributed by atoms with Crippen LogP contribution in [0.4, 0.5) is 16.2 Å². The number of hydrogen-bond donors (Lipinski definition) is 1. The fourth-order valence-electron chi connectivity index (χ4n) is 4.64. The first-order valence-electron chi connectivity index (χ1n) is 11.5. The van der Waals surface area contributed by atoms with E-state index in [2.05, 4.69) is 15.2 Å². The lowest BCUT2D eigenvalue weighted by atomic mass is 9.95. The summed E-state index contributed by atoms with van der Waals surface area (Å²) >= 11 is 0. The zero-order valence-electron chi connectivity index (χ0n) is 17.8. The summed E-state index contributed by atoms with van der Waals surface area (Å²) in [5, 5.41) is 3.59. The van der Waals surface area contributed by atoms with E-state index in [0.29, 0.717) is 17.8 Å². The van der Waals surface area contributed by atoms with Crippen molar-refractivity contribution in [1.82, 2.24) is 9.97 Å². The molecule has 6 heteroatoms. The lowest BCUT2D eigenvalue weighted by Crippen LogP contribution is -2.29. The average Bonchev–Trinajstić information content (AvgIpc) is 3.27. The monoisotopic (exact) mass is 420 g/mol. The van der Waals surface area contributed by atoms with Crippen LogP contribution in [-0.2, 0) is 0 Å². The smallest absolute Gasteiger partial charge is 0.298 e. The Morgan fingerprint density at radius 1 is 0.903 bits per heavy atom. The highest BCUT2D eigenvalue weighted by molar-refractivity contribution is 5.79. The summed E-state index contributed by atoms with van der Waals surface area (Å²) < 4.78 is 19.9. The Balaban J connectivity index is 1.50. The van der Waals surface area contributed by atoms with E-state index in [1.807, 2.05) is 18.3 Å². The number of nitrogens with one attached hydrogen (secondary N) is 1. The minimum Gasteiger partial charge on any atom is -0.423 e. The van der Waals surface area contributed by atoms with E-state index in [9.17, 15) is 4.39 Å². The van der Waals surface area contributed by atoms with Gasteiger partial charge < -0.3 is 14.6 Å². The largest absolute Gasteiger partial charge is 0.423 e. The van der Waals surface area contributed by atoms with Crippen LogP contribution in [-0.4, -0.2) is 29.1 Å². The molecule has 1 N–H and O–H groups in total. The van der Waals surface area contributed by atoms with E-state index in [0.717, 1.165) is 48.6 Å². The number of oxazole rings is 1. The summed E-state index contributed by atoms with van der Waals surface area (Å²) in [5.41, 5.74) is 2.53. The molecular weight excluding hydrogens is 391 g/mol. The molecule has 2 aromatic heterocycles. The van der Waals surface area contributed by atoms with Gasteiger partial charge in [0.2, 0.25) is 0 Å². The van der Waals surface area contributed by atoms with Gasteiger partial charge in [-0.15, -0.1) is 0 Å². The van der Waals surface area contributed by atoms with Crippen molar-refractivity contribution >= 4 is 11.8 Å². The summed E-state index contributed by atoms with van der Waals surface area (Å²) in [6, 6.07) is 11.6. The Hall–Kier alpha value is -2.89. The zero-order valence-corrected chi connectivity index (χ0v) is 17.8. The first kappa shape index (κ1) is 20.0. The summed E-state index contributed by atoms with van der Waals surface area (Å²) in [6.07, 6.45) is 11.6. The summed E-state index contributed by atoms with van der Waals surface area (Å²) in [6.45, 7) is 1.90. The fraction of sp³-hybridized carbons (Fsp3) is 0.440. The topological polar surface area (TPSA) is 54.2 Å². The number of aromatic nitrogens is 2. The molecule has 162 valence electrons. The number of nitrogens with zero attached hydrogens (tertiary/aromatic N) is 3. The van der Waals surface area contributed by atoms with Crippen molar-refractivity contribution in [2.24, 2.45) is 0 Å². The summed E-state index contributed by atoms with van der Waals surface area (Å²) in [7, 11) is 0. The van der Waals surface area contributed by atoms with Gasteiger partial charge in [-0.25, -0.2) is 9.37 Å². The van der Waals surface area contributed by atoms with E-state index in [4.69, 9.17) is 9.40 Å². The molecule has 1 aromatic carbocycles. The van der Waals surface area contributed by atoms with Gasteiger partial charge in [-0.05, 0) is 68.5 Å². The first-order chi connectivity index (χ1) is 15.3. The predicted octanol–water partition coefficient (Wildman–Crippen LogP) is 6.28. The Morgan fingerprint density at radius 3 is 2.42 bits per heavy atom. The van der Waals surface area contributed by atoms with E-state index >= 15 is 0 Å². The Labute approximate surface area is 182 Å². The molecule has 1 aliphatic carbocycles. The normalized spacial score (nSPS) is 17.6. The van der Waals surface area contributed by atoms with Gasteiger partial charge in [0.05, 0.1) is 0 Å². The molecule has 0 amide bonds. The summed E-state index contributed by atoms with van der Waals surface area (Å²) in [4.78, 5) is 11.6. The molecule has 31 heavy (non-hydrogen) atoms. The molecule has 0 radical (unpaired) electrons. The third kappa shape index (κ3) is 4.58. The molecule has 2 fully saturated rings. The molecule has 5 rings (SSSR count). The second kappa shape index (κ2) is 9.08. The van der Waals surface area contributed by atoms with Crippen molar-refractivity contribution in [1.29, 1.82) is 0 Å². The van der Waals surface area contributed by atoms with Crippen LogP contribution in [0.1, 0.15) is 51.4 Å². The number of hydrogen-bond acceptors (Lipinski definition) is 5. The van der Waals surface area contributed by atoms with Crippen LogP contribution < -0.4 is 10.2 Å². The summed E-state index contributed by atoms with van der Waals surface area (Å²) in [5.74, 6) is 1.32. The fourth-order valence-corrected chi connectivity index (χ4v) is 4.64. The SMILES string of the molecule is Fc1ccc(-c2nc(N3CCCCC3)oc2-c2ccnc(NC3CCCCC3)c2)cc1. The van der Waals surface area contributed by atoms with Crippen molar-refractivity contribution in [3.63, 3.8) is 0 Å². The average molecular weight is 421 g/mol. The molecule has 0 atom stereocenters. The van der Waals surface area contributed by atoms with Gasteiger partial charge in [-0.1, -0.05) is 19.3 Å². The molecule has 5 nitrogen and oxygen atoms in total. The maximum Gasteiger partial charge on any atom is 0.298 e. The van der Waals surface area contributed by atoms with Gasteiger partial charge in [0.25, 0.3) is 6.01 Å². The highest BCUT2D eigenvalue weighted by Gasteiger charge is 2.23. The number of pyridine rings is 1. The van der Waals surface area contributed by atoms with Crippen molar-refractivity contribution < 1.29 is 8.81 Å². The van der Waals surface area contributed by atoms with Crippen LogP contribution in [0.5, 0.6) is 0 Å². The maximum absolute atomic E-state index is 13.5. The van der Waals surface area contributed by atoms with Crippen LogP contribution in [0.3, 0.4) is 0 Å². The number of anilines is 2. The van der Waals surface area contributed by atoms with Gasteiger partial charge in [-0.3, -0.25) is 0 Å². The van der Waals surface area contributed by atoms with E-state index in [1.54, 1.807) is 12.1 Å². The van der Waals surface area contributed by atoms with Gasteiger partial charge >= 0.3 is 0 Å². The predicted molar refractivity (Wildman–Crippen MR) is 122 cm³/mol. The van der Waals surface area contributed by atoms with Crippen molar-refractivity contribution in [2.45, 2.75) is 57.4 Å². The Bertz CT molecular complexity index is 1000. The number of piperidine rings is 1. The standard InChI is InChI=1S/C25H29FN4O/c26-20-11-9-18(10-12-20)23-24(31-25(29-23)30-15-5-2-6-16-30)19-13-14-27-22(17-19)28-21-7-3-1-4-8-21/h9-14,17,21H,1-8,15-16H2,(H,27,28). The van der Waals surface area contributed by atoms with Crippen LogP contribution in [0, 0.1) is 5.82 Å². The van der Waals surface area contributed by atoms with Crippen LogP contribution in [0.2, 0.25) is 0 Å². The molecular formula is C25H29FN4O. The molecule has 0 bridgehead atoms. The molecule has 1 saturated carbocycles. The van der Waals surface area contributed by atoms with Crippen LogP contribution in [0.25, 0.3) is 22.6 Å². The molecule has 0 spiro atoms. The van der Waals surface area contributed by atoms with E-state index < -0.39 is 0 Å². The molecule has 3 aromatic rings. The third-order valence-electron chi connectivity index (χ3n) is 6.34. The minimum absolute atomic E-state index is 0.257. The van der Waals surface area contributed by atoms with Crippen LogP contribution in [0.15, 0.2) is 47.0 Å². The second-order valence-corrected chi connectivity index (χ2v) is 8.64. The van der Waals surface area contributed by atoms with Crippen LogP contribution >= 0.6 is 0 Å². The highest BCUT2D eigenvalue weighted by atomic mass is 19.1. The molecule has 3 heterocycles. The Kier molecular flexibility index (Phi) is 5.87. The van der Waals surface area contributed by atoms with Gasteiger partial charge in [0, 0.05) is 36.5 Å². The lowest BCUT2D eigenvalue weighted by Gasteiger charge is -2.24. The quantitative estimate of drug-likeness (QED) is 0.527. The van der Waals surface area contributed by atoms with E-state index in [1.165, 1.54) is 50.7 Å². The second-order valence-electron chi connectivity index (χ2n) is 8.64. The molecule has 1 saturated heterocycles. The molecule has 1 aliphatic heterocycles. The first-order valence-corrected chi connectivity index (χ1v) is 11.5. The van der Waals surface area contributed by atoms with Crippen molar-refractivity contribution in [2.75, 3.05) is 23.3 Å². The highest BCUT2D eigenvalue weighted by Crippen LogP contribution is 2.37. The lowest BCUT2D eigenvalue weighted by molar-refractivity contribution is 0.462. The number of benzene rings is 1. The van der Waals surface area contributed by atoms with Gasteiger partial charge in [-0.2, -0.15) is 4.98 Å². The molecule has 2 aliphatic rings. The third-order valence-corrected chi connectivity index (χ3v) is 6.34.